The largest absolute Gasteiger partial charge is 0.337 e. The van der Waals surface area contributed by atoms with E-state index in [9.17, 15) is 13.2 Å². The first-order chi connectivity index (χ1) is 9.95. The number of aromatic nitrogens is 1. The average Bonchev–Trinajstić information content (AvgIpc) is 2.81. The van der Waals surface area contributed by atoms with Crippen molar-refractivity contribution in [3.8, 4) is 0 Å². The molecule has 1 fully saturated rings. The Kier molecular flexibility index (Phi) is 3.38. The summed E-state index contributed by atoms with van der Waals surface area (Å²) in [5, 5.41) is 5.31. The van der Waals surface area contributed by atoms with Crippen molar-refractivity contribution in [2.24, 2.45) is 5.14 Å². The molecule has 0 bridgehead atoms. The monoisotopic (exact) mass is 305 g/mol. The van der Waals surface area contributed by atoms with Crippen LogP contribution in [0, 0.1) is 0 Å². The van der Waals surface area contributed by atoms with Gasteiger partial charge in [-0.3, -0.25) is 9.78 Å². The number of fused-ring (bicyclic) bond motifs is 1. The summed E-state index contributed by atoms with van der Waals surface area (Å²) in [6.07, 6.45) is 1.65. The van der Waals surface area contributed by atoms with Gasteiger partial charge in [-0.2, -0.15) is 0 Å². The Morgan fingerprint density at radius 3 is 2.76 bits per heavy atom. The molecule has 1 aromatic heterocycles. The van der Waals surface area contributed by atoms with Crippen LogP contribution in [0.4, 0.5) is 0 Å². The van der Waals surface area contributed by atoms with Crippen molar-refractivity contribution in [3.63, 3.8) is 0 Å². The van der Waals surface area contributed by atoms with Gasteiger partial charge in [-0.15, -0.1) is 0 Å². The molecule has 1 saturated heterocycles. The molecule has 1 aliphatic rings. The van der Waals surface area contributed by atoms with Gasteiger partial charge in [0, 0.05) is 31.1 Å². The van der Waals surface area contributed by atoms with Crippen molar-refractivity contribution >= 4 is 26.8 Å². The first-order valence-corrected chi connectivity index (χ1v) is 8.18. The minimum atomic E-state index is -3.68. The van der Waals surface area contributed by atoms with Crippen molar-refractivity contribution in [3.05, 3.63) is 42.1 Å². The van der Waals surface area contributed by atoms with Gasteiger partial charge in [-0.25, -0.2) is 13.6 Å². The molecule has 21 heavy (non-hydrogen) atoms. The number of rotatable bonds is 3. The minimum Gasteiger partial charge on any atom is -0.337 e. The zero-order chi connectivity index (χ0) is 15.0. The van der Waals surface area contributed by atoms with Crippen molar-refractivity contribution in [2.45, 2.75) is 18.2 Å². The van der Waals surface area contributed by atoms with E-state index < -0.39 is 15.3 Å². The number of nitrogens with two attached hydrogens (primary N) is 1. The fourth-order valence-corrected chi connectivity index (χ4v) is 3.37. The highest BCUT2D eigenvalue weighted by molar-refractivity contribution is 7.89. The van der Waals surface area contributed by atoms with Crippen LogP contribution in [0.2, 0.25) is 0 Å². The van der Waals surface area contributed by atoms with Gasteiger partial charge in [0.15, 0.2) is 0 Å². The highest BCUT2D eigenvalue weighted by Gasteiger charge is 2.36. The Balaban J connectivity index is 1.88. The van der Waals surface area contributed by atoms with Crippen LogP contribution in [0.15, 0.2) is 36.5 Å². The van der Waals surface area contributed by atoms with Crippen LogP contribution >= 0.6 is 0 Å². The standard InChI is InChI=1S/C14H15N3O3S/c15-21(19,20)12-7-13(18)17(9-12)8-11-4-1-3-10-5-2-6-16-14(10)11/h1-6,12H,7-9H2,(H2,15,19,20). The number of sulfonamides is 1. The van der Waals surface area contributed by atoms with Crippen LogP contribution in [0.25, 0.3) is 10.9 Å². The first kappa shape index (κ1) is 14.0. The van der Waals surface area contributed by atoms with E-state index in [4.69, 9.17) is 5.14 Å². The molecular weight excluding hydrogens is 290 g/mol. The summed E-state index contributed by atoms with van der Waals surface area (Å²) in [7, 11) is -3.68. The average molecular weight is 305 g/mol. The number of nitrogens with zero attached hydrogens (tertiary/aromatic N) is 2. The van der Waals surface area contributed by atoms with Gasteiger partial charge in [0.05, 0.1) is 5.52 Å². The molecule has 2 N–H and O–H groups in total. The summed E-state index contributed by atoms with van der Waals surface area (Å²) in [6, 6.07) is 9.55. The van der Waals surface area contributed by atoms with Crippen LogP contribution in [-0.4, -0.2) is 36.0 Å². The van der Waals surface area contributed by atoms with E-state index in [2.05, 4.69) is 4.98 Å². The Morgan fingerprint density at radius 2 is 2.05 bits per heavy atom. The lowest BCUT2D eigenvalue weighted by Crippen LogP contribution is -2.32. The number of hydrogen-bond acceptors (Lipinski definition) is 4. The van der Waals surface area contributed by atoms with E-state index in [1.807, 2.05) is 30.3 Å². The van der Waals surface area contributed by atoms with Gasteiger partial charge in [-0.1, -0.05) is 24.3 Å². The van der Waals surface area contributed by atoms with Crippen LogP contribution in [0.3, 0.4) is 0 Å². The number of pyridine rings is 1. The van der Waals surface area contributed by atoms with Crippen molar-refractivity contribution in [1.29, 1.82) is 0 Å². The lowest BCUT2D eigenvalue weighted by Gasteiger charge is -2.17. The number of primary sulfonamides is 1. The molecule has 0 radical (unpaired) electrons. The summed E-state index contributed by atoms with van der Waals surface area (Å²) in [4.78, 5) is 17.8. The Hall–Kier alpha value is -1.99. The highest BCUT2D eigenvalue weighted by atomic mass is 32.2. The van der Waals surface area contributed by atoms with E-state index in [1.165, 1.54) is 4.90 Å². The zero-order valence-electron chi connectivity index (χ0n) is 11.3. The second kappa shape index (κ2) is 5.09. The van der Waals surface area contributed by atoms with Gasteiger partial charge in [-0.05, 0) is 11.6 Å². The summed E-state index contributed by atoms with van der Waals surface area (Å²) in [5.74, 6) is -0.193. The molecule has 110 valence electrons. The molecule has 1 amide bonds. The molecule has 1 unspecified atom stereocenters. The van der Waals surface area contributed by atoms with E-state index in [0.717, 1.165) is 16.5 Å². The van der Waals surface area contributed by atoms with E-state index in [-0.39, 0.29) is 18.9 Å². The number of carbonyl (C=O) groups excluding carboxylic acids is 1. The van der Waals surface area contributed by atoms with Gasteiger partial charge >= 0.3 is 0 Å². The van der Waals surface area contributed by atoms with Gasteiger partial charge < -0.3 is 4.90 Å². The summed E-state index contributed by atoms with van der Waals surface area (Å²) in [6.45, 7) is 0.486. The maximum atomic E-state index is 12.0. The van der Waals surface area contributed by atoms with Crippen molar-refractivity contribution in [2.75, 3.05) is 6.54 Å². The predicted molar refractivity (Wildman–Crippen MR) is 78.7 cm³/mol. The van der Waals surface area contributed by atoms with Crippen LogP contribution < -0.4 is 5.14 Å². The molecule has 1 aromatic carbocycles. The number of amides is 1. The second-order valence-electron chi connectivity index (χ2n) is 5.18. The topological polar surface area (TPSA) is 93.4 Å². The molecule has 0 saturated carbocycles. The normalized spacial score (nSPS) is 19.4. The third kappa shape index (κ3) is 2.74. The van der Waals surface area contributed by atoms with Crippen LogP contribution in [0.5, 0.6) is 0 Å². The van der Waals surface area contributed by atoms with Gasteiger partial charge in [0.1, 0.15) is 5.25 Å². The van der Waals surface area contributed by atoms with Gasteiger partial charge in [0.2, 0.25) is 15.9 Å². The van der Waals surface area contributed by atoms with E-state index >= 15 is 0 Å². The predicted octanol–water partition coefficient (Wildman–Crippen LogP) is 0.624. The first-order valence-electron chi connectivity index (χ1n) is 6.57. The lowest BCUT2D eigenvalue weighted by atomic mass is 10.1. The molecule has 1 atom stereocenters. The quantitative estimate of drug-likeness (QED) is 0.899. The molecule has 2 aromatic rings. The Morgan fingerprint density at radius 1 is 1.29 bits per heavy atom. The molecule has 3 rings (SSSR count). The van der Waals surface area contributed by atoms with Crippen LogP contribution in [0.1, 0.15) is 12.0 Å². The number of hydrogen-bond donors (Lipinski definition) is 1. The van der Waals surface area contributed by atoms with Crippen LogP contribution in [-0.2, 0) is 21.4 Å². The van der Waals surface area contributed by atoms with E-state index in [1.54, 1.807) is 6.20 Å². The Labute approximate surface area is 122 Å². The molecule has 0 aliphatic carbocycles. The van der Waals surface area contributed by atoms with Gasteiger partial charge in [0.25, 0.3) is 0 Å². The number of benzene rings is 1. The van der Waals surface area contributed by atoms with Crippen molar-refractivity contribution < 1.29 is 13.2 Å². The minimum absolute atomic E-state index is 0.0446. The summed E-state index contributed by atoms with van der Waals surface area (Å²) < 4.78 is 22.8. The SMILES string of the molecule is NS(=O)(=O)C1CC(=O)N(Cc2cccc3cccnc23)C1. The molecule has 2 heterocycles. The molecule has 7 heteroatoms. The number of likely N-dealkylation sites (tertiary alicyclic amines) is 1. The second-order valence-corrected chi connectivity index (χ2v) is 7.03. The number of para-hydroxylation sites is 1. The maximum absolute atomic E-state index is 12.0. The smallest absolute Gasteiger partial charge is 0.224 e. The molecular formula is C14H15N3O3S. The van der Waals surface area contributed by atoms with Crippen molar-refractivity contribution in [1.82, 2.24) is 9.88 Å². The third-order valence-corrected chi connectivity index (χ3v) is 4.97. The fraction of sp³-hybridized carbons (Fsp3) is 0.286. The highest BCUT2D eigenvalue weighted by Crippen LogP contribution is 2.22. The summed E-state index contributed by atoms with van der Waals surface area (Å²) in [5.41, 5.74) is 1.73. The number of carbonyl (C=O) groups is 1. The Bertz CT molecular complexity index is 799. The zero-order valence-corrected chi connectivity index (χ0v) is 12.1. The third-order valence-electron chi connectivity index (χ3n) is 3.72. The molecule has 1 aliphatic heterocycles. The maximum Gasteiger partial charge on any atom is 0.224 e. The fourth-order valence-electron chi connectivity index (χ4n) is 2.61. The van der Waals surface area contributed by atoms with E-state index in [0.29, 0.717) is 6.54 Å². The lowest BCUT2D eigenvalue weighted by molar-refractivity contribution is -0.128. The summed E-state index contributed by atoms with van der Waals surface area (Å²) >= 11 is 0. The molecule has 0 spiro atoms. The molecule has 6 nitrogen and oxygen atoms in total.